The van der Waals surface area contributed by atoms with Crippen molar-refractivity contribution in [3.63, 3.8) is 0 Å². The SMILES string of the molecule is CCc1cc2c(NC[C@@H](C)CN3CCCCC3)ncnc2s1. The average molecular weight is 318 g/mol. The summed E-state index contributed by atoms with van der Waals surface area (Å²) >= 11 is 1.77. The van der Waals surface area contributed by atoms with Gasteiger partial charge in [-0.05, 0) is 44.3 Å². The molecule has 22 heavy (non-hydrogen) atoms. The van der Waals surface area contributed by atoms with Crippen LogP contribution in [0.4, 0.5) is 5.82 Å². The highest BCUT2D eigenvalue weighted by Crippen LogP contribution is 2.28. The zero-order valence-corrected chi connectivity index (χ0v) is 14.5. The lowest BCUT2D eigenvalue weighted by Crippen LogP contribution is -2.35. The van der Waals surface area contributed by atoms with E-state index in [9.17, 15) is 0 Å². The molecule has 3 heterocycles. The number of nitrogens with zero attached hydrogens (tertiary/aromatic N) is 3. The molecule has 0 radical (unpaired) electrons. The molecule has 1 atom stereocenters. The second-order valence-electron chi connectivity index (χ2n) is 6.35. The molecule has 0 aliphatic carbocycles. The number of piperidine rings is 1. The summed E-state index contributed by atoms with van der Waals surface area (Å²) < 4.78 is 0. The molecule has 0 aromatic carbocycles. The molecule has 0 saturated carbocycles. The summed E-state index contributed by atoms with van der Waals surface area (Å²) in [5.41, 5.74) is 0. The van der Waals surface area contributed by atoms with Gasteiger partial charge in [0.1, 0.15) is 17.0 Å². The van der Waals surface area contributed by atoms with Gasteiger partial charge in [0.25, 0.3) is 0 Å². The molecular weight excluding hydrogens is 292 g/mol. The Morgan fingerprint density at radius 1 is 1.27 bits per heavy atom. The zero-order chi connectivity index (χ0) is 15.4. The first-order valence-corrected chi connectivity index (χ1v) is 9.27. The Balaban J connectivity index is 1.59. The average Bonchev–Trinajstić information content (AvgIpc) is 2.97. The van der Waals surface area contributed by atoms with Gasteiger partial charge in [0.05, 0.1) is 5.39 Å². The van der Waals surface area contributed by atoms with Gasteiger partial charge in [-0.3, -0.25) is 0 Å². The van der Waals surface area contributed by atoms with Crippen LogP contribution in [0.2, 0.25) is 0 Å². The van der Waals surface area contributed by atoms with Crippen molar-refractivity contribution in [1.29, 1.82) is 0 Å². The van der Waals surface area contributed by atoms with E-state index in [4.69, 9.17) is 0 Å². The summed E-state index contributed by atoms with van der Waals surface area (Å²) in [6.45, 7) is 9.21. The molecule has 0 bridgehead atoms. The van der Waals surface area contributed by atoms with Gasteiger partial charge in [-0.1, -0.05) is 20.3 Å². The third kappa shape index (κ3) is 3.76. The van der Waals surface area contributed by atoms with Crippen molar-refractivity contribution in [1.82, 2.24) is 14.9 Å². The third-order valence-electron chi connectivity index (χ3n) is 4.37. The largest absolute Gasteiger partial charge is 0.369 e. The van der Waals surface area contributed by atoms with Crippen LogP contribution in [0.5, 0.6) is 0 Å². The highest BCUT2D eigenvalue weighted by molar-refractivity contribution is 7.18. The van der Waals surface area contributed by atoms with Gasteiger partial charge in [0, 0.05) is 18.0 Å². The van der Waals surface area contributed by atoms with Crippen molar-refractivity contribution in [3.8, 4) is 0 Å². The molecule has 1 aliphatic rings. The topological polar surface area (TPSA) is 41.0 Å². The van der Waals surface area contributed by atoms with Crippen LogP contribution in [-0.2, 0) is 6.42 Å². The van der Waals surface area contributed by atoms with Gasteiger partial charge in [-0.25, -0.2) is 9.97 Å². The first-order valence-electron chi connectivity index (χ1n) is 8.46. The van der Waals surface area contributed by atoms with Crippen LogP contribution in [0.25, 0.3) is 10.2 Å². The first-order chi connectivity index (χ1) is 10.8. The fraction of sp³-hybridized carbons (Fsp3) is 0.647. The quantitative estimate of drug-likeness (QED) is 0.880. The number of anilines is 1. The van der Waals surface area contributed by atoms with Crippen molar-refractivity contribution in [2.75, 3.05) is 31.5 Å². The molecule has 1 N–H and O–H groups in total. The summed E-state index contributed by atoms with van der Waals surface area (Å²) in [6.07, 6.45) is 6.87. The van der Waals surface area contributed by atoms with Crippen molar-refractivity contribution < 1.29 is 0 Å². The smallest absolute Gasteiger partial charge is 0.138 e. The van der Waals surface area contributed by atoms with Crippen LogP contribution in [0.1, 0.15) is 38.0 Å². The van der Waals surface area contributed by atoms with Gasteiger partial charge >= 0.3 is 0 Å². The van der Waals surface area contributed by atoms with Crippen molar-refractivity contribution in [2.45, 2.75) is 39.5 Å². The number of nitrogens with one attached hydrogen (secondary N) is 1. The lowest BCUT2D eigenvalue weighted by molar-refractivity contribution is 0.204. The van der Waals surface area contributed by atoms with Crippen LogP contribution >= 0.6 is 11.3 Å². The summed E-state index contributed by atoms with van der Waals surface area (Å²) in [7, 11) is 0. The van der Waals surface area contributed by atoms with Crippen LogP contribution in [-0.4, -0.2) is 41.0 Å². The molecular formula is C17H26N4S. The minimum Gasteiger partial charge on any atom is -0.369 e. The van der Waals surface area contributed by atoms with Crippen LogP contribution in [0.15, 0.2) is 12.4 Å². The number of likely N-dealkylation sites (tertiary alicyclic amines) is 1. The second-order valence-corrected chi connectivity index (χ2v) is 7.47. The van der Waals surface area contributed by atoms with Gasteiger partial charge in [0.2, 0.25) is 0 Å². The molecule has 4 nitrogen and oxygen atoms in total. The standard InChI is InChI=1S/C17H26N4S/c1-3-14-9-15-16(19-12-20-17(15)22-14)18-10-13(2)11-21-7-5-4-6-8-21/h9,12-13H,3-8,10-11H2,1-2H3,(H,18,19,20)/t13-/m1/s1. The Morgan fingerprint density at radius 3 is 2.86 bits per heavy atom. The Labute approximate surface area is 137 Å². The number of aromatic nitrogens is 2. The van der Waals surface area contributed by atoms with E-state index in [2.05, 4.69) is 40.1 Å². The summed E-state index contributed by atoms with van der Waals surface area (Å²) in [5, 5.41) is 4.72. The molecule has 120 valence electrons. The Bertz CT molecular complexity index is 604. The van der Waals surface area contributed by atoms with E-state index in [-0.39, 0.29) is 0 Å². The Hall–Kier alpha value is -1.20. The van der Waals surface area contributed by atoms with Gasteiger partial charge < -0.3 is 10.2 Å². The molecule has 0 unspecified atom stereocenters. The Morgan fingerprint density at radius 2 is 2.09 bits per heavy atom. The highest BCUT2D eigenvalue weighted by atomic mass is 32.1. The molecule has 0 spiro atoms. The van der Waals surface area contributed by atoms with Crippen molar-refractivity contribution >= 4 is 27.4 Å². The number of fused-ring (bicyclic) bond motifs is 1. The highest BCUT2D eigenvalue weighted by Gasteiger charge is 2.14. The zero-order valence-electron chi connectivity index (χ0n) is 13.6. The van der Waals surface area contributed by atoms with E-state index in [1.807, 2.05) is 0 Å². The molecule has 1 saturated heterocycles. The molecule has 1 aliphatic heterocycles. The number of thiophene rings is 1. The van der Waals surface area contributed by atoms with E-state index in [1.54, 1.807) is 17.7 Å². The maximum absolute atomic E-state index is 4.44. The Kier molecular flexibility index (Phi) is 5.26. The van der Waals surface area contributed by atoms with Crippen LogP contribution in [0, 0.1) is 5.92 Å². The molecule has 5 heteroatoms. The number of aryl methyl sites for hydroxylation is 1. The lowest BCUT2D eigenvalue weighted by Gasteiger charge is -2.29. The van der Waals surface area contributed by atoms with E-state index < -0.39 is 0 Å². The normalized spacial score (nSPS) is 17.7. The maximum Gasteiger partial charge on any atom is 0.138 e. The van der Waals surface area contributed by atoms with E-state index in [0.29, 0.717) is 5.92 Å². The predicted molar refractivity (Wildman–Crippen MR) is 94.7 cm³/mol. The second kappa shape index (κ2) is 7.38. The van der Waals surface area contributed by atoms with Crippen molar-refractivity contribution in [3.05, 3.63) is 17.3 Å². The summed E-state index contributed by atoms with van der Waals surface area (Å²) in [5.74, 6) is 1.62. The van der Waals surface area contributed by atoms with Gasteiger partial charge in [0.15, 0.2) is 0 Å². The van der Waals surface area contributed by atoms with Gasteiger partial charge in [-0.2, -0.15) is 0 Å². The summed E-state index contributed by atoms with van der Waals surface area (Å²) in [6, 6.07) is 2.23. The first kappa shape index (κ1) is 15.7. The monoisotopic (exact) mass is 318 g/mol. The minimum atomic E-state index is 0.632. The number of hydrogen-bond acceptors (Lipinski definition) is 5. The van der Waals surface area contributed by atoms with E-state index in [1.165, 1.54) is 49.2 Å². The van der Waals surface area contributed by atoms with Crippen LogP contribution in [0.3, 0.4) is 0 Å². The lowest BCUT2D eigenvalue weighted by atomic mass is 10.1. The van der Waals surface area contributed by atoms with Crippen molar-refractivity contribution in [2.24, 2.45) is 5.92 Å². The molecule has 3 rings (SSSR count). The molecule has 1 fully saturated rings. The molecule has 2 aromatic heterocycles. The van der Waals surface area contributed by atoms with Crippen LogP contribution < -0.4 is 5.32 Å². The predicted octanol–water partition coefficient (Wildman–Crippen LogP) is 3.79. The van der Waals surface area contributed by atoms with E-state index in [0.717, 1.165) is 23.6 Å². The number of hydrogen-bond donors (Lipinski definition) is 1. The summed E-state index contributed by atoms with van der Waals surface area (Å²) in [4.78, 5) is 13.9. The minimum absolute atomic E-state index is 0.632. The fourth-order valence-electron chi connectivity index (χ4n) is 3.14. The molecule has 2 aromatic rings. The third-order valence-corrected chi connectivity index (χ3v) is 5.55. The molecule has 0 amide bonds. The van der Waals surface area contributed by atoms with Gasteiger partial charge in [-0.15, -0.1) is 11.3 Å². The maximum atomic E-state index is 4.44. The van der Waals surface area contributed by atoms with E-state index >= 15 is 0 Å². The number of rotatable bonds is 6. The fourth-order valence-corrected chi connectivity index (χ4v) is 4.07.